The molecule has 0 heterocycles. The SMILES string of the molecule is CCOOCC12CC3CC(CC(C3)C1)C2. The van der Waals surface area contributed by atoms with E-state index in [4.69, 9.17) is 9.78 Å². The molecule has 0 amide bonds. The average molecular weight is 210 g/mol. The summed E-state index contributed by atoms with van der Waals surface area (Å²) in [5.41, 5.74) is 0.504. The lowest BCUT2D eigenvalue weighted by atomic mass is 9.50. The van der Waals surface area contributed by atoms with Crippen LogP contribution < -0.4 is 0 Å². The normalized spacial score (nSPS) is 47.4. The van der Waals surface area contributed by atoms with Crippen molar-refractivity contribution in [1.29, 1.82) is 0 Å². The fourth-order valence-electron chi connectivity index (χ4n) is 4.72. The molecule has 0 N–H and O–H groups in total. The zero-order valence-corrected chi connectivity index (χ0v) is 9.71. The minimum absolute atomic E-state index is 0.504. The highest BCUT2D eigenvalue weighted by Crippen LogP contribution is 2.59. The van der Waals surface area contributed by atoms with Gasteiger partial charge in [0.25, 0.3) is 0 Å². The Morgan fingerprint density at radius 1 is 0.933 bits per heavy atom. The van der Waals surface area contributed by atoms with E-state index < -0.39 is 0 Å². The molecule has 2 nitrogen and oxygen atoms in total. The van der Waals surface area contributed by atoms with Gasteiger partial charge in [0, 0.05) is 0 Å². The zero-order chi connectivity index (χ0) is 10.3. The fraction of sp³-hybridized carbons (Fsp3) is 1.00. The molecule has 4 saturated carbocycles. The highest BCUT2D eigenvalue weighted by Gasteiger charge is 2.51. The van der Waals surface area contributed by atoms with Gasteiger partial charge in [0.05, 0.1) is 13.2 Å². The van der Waals surface area contributed by atoms with E-state index in [-0.39, 0.29) is 0 Å². The number of hydrogen-bond acceptors (Lipinski definition) is 2. The summed E-state index contributed by atoms with van der Waals surface area (Å²) in [7, 11) is 0. The van der Waals surface area contributed by atoms with Crippen molar-refractivity contribution in [3.05, 3.63) is 0 Å². The van der Waals surface area contributed by atoms with Gasteiger partial charge >= 0.3 is 0 Å². The quantitative estimate of drug-likeness (QED) is 0.403. The van der Waals surface area contributed by atoms with Gasteiger partial charge in [-0.1, -0.05) is 0 Å². The van der Waals surface area contributed by atoms with Crippen LogP contribution in [0.2, 0.25) is 0 Å². The van der Waals surface area contributed by atoms with E-state index in [9.17, 15) is 0 Å². The van der Waals surface area contributed by atoms with Crippen LogP contribution in [-0.2, 0) is 9.78 Å². The molecule has 4 aliphatic rings. The summed E-state index contributed by atoms with van der Waals surface area (Å²) in [5.74, 6) is 3.05. The van der Waals surface area contributed by atoms with Crippen LogP contribution in [0.15, 0.2) is 0 Å². The third-order valence-corrected chi connectivity index (χ3v) is 4.73. The smallest absolute Gasteiger partial charge is 0.0878 e. The molecule has 2 heteroatoms. The fourth-order valence-corrected chi connectivity index (χ4v) is 4.72. The van der Waals surface area contributed by atoms with Gasteiger partial charge in [0.1, 0.15) is 0 Å². The topological polar surface area (TPSA) is 18.5 Å². The number of rotatable bonds is 4. The predicted octanol–water partition coefficient (Wildman–Crippen LogP) is 3.17. The molecule has 0 aromatic rings. The summed E-state index contributed by atoms with van der Waals surface area (Å²) in [6.07, 6.45) is 8.75. The Balaban J connectivity index is 1.65. The van der Waals surface area contributed by atoms with E-state index >= 15 is 0 Å². The lowest BCUT2D eigenvalue weighted by Gasteiger charge is -2.56. The van der Waals surface area contributed by atoms with Crippen LogP contribution in [0.4, 0.5) is 0 Å². The van der Waals surface area contributed by atoms with Gasteiger partial charge < -0.3 is 0 Å². The van der Waals surface area contributed by atoms with Crippen LogP contribution in [0.25, 0.3) is 0 Å². The second-order valence-corrected chi connectivity index (χ2v) is 6.09. The number of hydrogen-bond donors (Lipinski definition) is 0. The minimum Gasteiger partial charge on any atom is -0.237 e. The molecule has 0 radical (unpaired) electrons. The summed E-state index contributed by atoms with van der Waals surface area (Å²) in [6, 6.07) is 0. The van der Waals surface area contributed by atoms with Crippen molar-refractivity contribution in [1.82, 2.24) is 0 Å². The second kappa shape index (κ2) is 3.74. The molecule has 0 saturated heterocycles. The van der Waals surface area contributed by atoms with E-state index in [1.807, 2.05) is 6.92 Å². The van der Waals surface area contributed by atoms with Crippen LogP contribution in [0.3, 0.4) is 0 Å². The van der Waals surface area contributed by atoms with E-state index in [2.05, 4.69) is 0 Å². The highest BCUT2D eigenvalue weighted by molar-refractivity contribution is 5.01. The summed E-state index contributed by atoms with van der Waals surface area (Å²) in [5, 5.41) is 0. The van der Waals surface area contributed by atoms with Crippen molar-refractivity contribution in [3.8, 4) is 0 Å². The Kier molecular flexibility index (Phi) is 2.52. The van der Waals surface area contributed by atoms with Gasteiger partial charge in [-0.2, -0.15) is 0 Å². The summed E-state index contributed by atoms with van der Waals surface area (Å²) < 4.78 is 0. The maximum Gasteiger partial charge on any atom is 0.0878 e. The predicted molar refractivity (Wildman–Crippen MR) is 58.2 cm³/mol. The van der Waals surface area contributed by atoms with Crippen molar-refractivity contribution in [2.45, 2.75) is 45.4 Å². The standard InChI is InChI=1S/C13H22O2/c1-2-14-15-9-13-6-10-3-11(7-13)5-12(4-10)8-13/h10-12H,2-9H2,1H3. The van der Waals surface area contributed by atoms with E-state index in [0.29, 0.717) is 12.0 Å². The molecule has 0 spiro atoms. The third-order valence-electron chi connectivity index (χ3n) is 4.73. The third kappa shape index (κ3) is 1.83. The summed E-state index contributed by atoms with van der Waals surface area (Å²) >= 11 is 0. The van der Waals surface area contributed by atoms with E-state index in [1.54, 1.807) is 0 Å². The molecule has 0 aliphatic heterocycles. The van der Waals surface area contributed by atoms with Crippen LogP contribution >= 0.6 is 0 Å². The van der Waals surface area contributed by atoms with E-state index in [1.165, 1.54) is 38.5 Å². The van der Waals surface area contributed by atoms with Gasteiger partial charge in [0.15, 0.2) is 0 Å². The summed E-state index contributed by atoms with van der Waals surface area (Å²) in [4.78, 5) is 10.4. The van der Waals surface area contributed by atoms with Crippen molar-refractivity contribution < 1.29 is 9.78 Å². The first-order valence-electron chi connectivity index (χ1n) is 6.54. The van der Waals surface area contributed by atoms with Gasteiger partial charge in [-0.15, -0.1) is 0 Å². The highest BCUT2D eigenvalue weighted by atomic mass is 17.2. The summed E-state index contributed by atoms with van der Waals surface area (Å²) in [6.45, 7) is 3.51. The van der Waals surface area contributed by atoms with Crippen LogP contribution in [0, 0.1) is 23.2 Å². The Morgan fingerprint density at radius 3 is 1.93 bits per heavy atom. The Labute approximate surface area is 92.3 Å². The molecular formula is C13H22O2. The van der Waals surface area contributed by atoms with Gasteiger partial charge in [-0.3, -0.25) is 0 Å². The molecule has 0 aromatic carbocycles. The van der Waals surface area contributed by atoms with Crippen molar-refractivity contribution in [2.24, 2.45) is 23.2 Å². The van der Waals surface area contributed by atoms with Crippen LogP contribution in [0.5, 0.6) is 0 Å². The molecule has 4 rings (SSSR count). The molecule has 86 valence electrons. The first-order chi connectivity index (χ1) is 7.30. The molecule has 4 fully saturated rings. The molecule has 0 unspecified atom stereocenters. The maximum absolute atomic E-state index is 5.37. The second-order valence-electron chi connectivity index (χ2n) is 6.09. The zero-order valence-electron chi connectivity index (χ0n) is 9.71. The van der Waals surface area contributed by atoms with Crippen molar-refractivity contribution in [3.63, 3.8) is 0 Å². The van der Waals surface area contributed by atoms with Gasteiger partial charge in [-0.05, 0) is 68.6 Å². The molecule has 0 atom stereocenters. The lowest BCUT2D eigenvalue weighted by molar-refractivity contribution is -0.316. The van der Waals surface area contributed by atoms with Crippen molar-refractivity contribution >= 4 is 0 Å². The molecule has 4 bridgehead atoms. The lowest BCUT2D eigenvalue weighted by Crippen LogP contribution is -2.48. The first kappa shape index (κ1) is 10.1. The molecule has 15 heavy (non-hydrogen) atoms. The van der Waals surface area contributed by atoms with Crippen molar-refractivity contribution in [2.75, 3.05) is 13.2 Å². The molecule has 0 aromatic heterocycles. The average Bonchev–Trinajstić information content (AvgIpc) is 2.15. The Bertz CT molecular complexity index is 201. The first-order valence-corrected chi connectivity index (χ1v) is 6.54. The maximum atomic E-state index is 5.37. The van der Waals surface area contributed by atoms with Crippen LogP contribution in [-0.4, -0.2) is 13.2 Å². The Hall–Kier alpha value is -0.0800. The Morgan fingerprint density at radius 2 is 1.47 bits per heavy atom. The monoisotopic (exact) mass is 210 g/mol. The minimum atomic E-state index is 0.504. The largest absolute Gasteiger partial charge is 0.237 e. The molecular weight excluding hydrogens is 188 g/mol. The van der Waals surface area contributed by atoms with Gasteiger partial charge in [-0.25, -0.2) is 9.78 Å². The van der Waals surface area contributed by atoms with E-state index in [0.717, 1.165) is 24.4 Å². The van der Waals surface area contributed by atoms with Crippen LogP contribution in [0.1, 0.15) is 45.4 Å². The molecule has 4 aliphatic carbocycles. The van der Waals surface area contributed by atoms with Gasteiger partial charge in [0.2, 0.25) is 0 Å².